The average molecular weight is 365 g/mol. The summed E-state index contributed by atoms with van der Waals surface area (Å²) < 4.78 is 4.99. The van der Waals surface area contributed by atoms with Crippen molar-refractivity contribution in [3.63, 3.8) is 0 Å². The summed E-state index contributed by atoms with van der Waals surface area (Å²) in [5.41, 5.74) is 3.74. The highest BCUT2D eigenvalue weighted by molar-refractivity contribution is 5.89. The highest BCUT2D eigenvalue weighted by Crippen LogP contribution is 2.25. The summed E-state index contributed by atoms with van der Waals surface area (Å²) in [7, 11) is 0. The van der Waals surface area contributed by atoms with Gasteiger partial charge < -0.3 is 14.5 Å². The van der Waals surface area contributed by atoms with Crippen LogP contribution >= 0.6 is 0 Å². The molecule has 0 amide bonds. The molecule has 0 spiro atoms. The van der Waals surface area contributed by atoms with E-state index in [1.807, 2.05) is 26.0 Å². The Kier molecular flexibility index (Phi) is 5.55. The van der Waals surface area contributed by atoms with Gasteiger partial charge in [-0.2, -0.15) is 5.26 Å². The fourth-order valence-corrected chi connectivity index (χ4v) is 3.28. The summed E-state index contributed by atoms with van der Waals surface area (Å²) in [6.45, 7) is 9.11. The molecule has 0 atom stereocenters. The lowest BCUT2D eigenvalue weighted by molar-refractivity contribution is 0.0526. The zero-order valence-electron chi connectivity index (χ0n) is 15.9. The highest BCUT2D eigenvalue weighted by Gasteiger charge is 2.22. The number of carbonyl (C=O) groups excluding carboxylic acids is 1. The van der Waals surface area contributed by atoms with Crippen molar-refractivity contribution in [2.45, 2.75) is 20.8 Å². The van der Waals surface area contributed by atoms with E-state index in [0.717, 1.165) is 49.1 Å². The summed E-state index contributed by atoms with van der Waals surface area (Å²) in [6.07, 6.45) is 1.56. The normalized spacial score (nSPS) is 14.0. The second-order valence-corrected chi connectivity index (χ2v) is 6.45. The van der Waals surface area contributed by atoms with Crippen LogP contribution in [0.1, 0.15) is 34.2 Å². The number of nitriles is 1. The molecule has 0 radical (unpaired) electrons. The van der Waals surface area contributed by atoms with E-state index in [1.54, 1.807) is 19.2 Å². The van der Waals surface area contributed by atoms with Gasteiger partial charge in [0.2, 0.25) is 0 Å². The summed E-state index contributed by atoms with van der Waals surface area (Å²) in [5.74, 6) is 0.485. The first-order valence-corrected chi connectivity index (χ1v) is 9.05. The molecule has 1 fully saturated rings. The van der Waals surface area contributed by atoms with Gasteiger partial charge in [0.1, 0.15) is 11.9 Å². The van der Waals surface area contributed by atoms with Gasteiger partial charge in [0, 0.05) is 38.1 Å². The maximum atomic E-state index is 11.7. The molecule has 0 aliphatic carbocycles. The molecule has 0 unspecified atom stereocenters. The van der Waals surface area contributed by atoms with Crippen LogP contribution in [0.5, 0.6) is 0 Å². The third-order valence-electron chi connectivity index (χ3n) is 4.62. The Bertz CT molecular complexity index is 865. The SMILES string of the molecule is CCOC(=O)c1ccc(N2CCN(c3cc(C)nc(C)c3C#N)CC2)nc1. The number of ether oxygens (including phenoxy) is 1. The van der Waals surface area contributed by atoms with Crippen LogP contribution in [0.3, 0.4) is 0 Å². The Morgan fingerprint density at radius 3 is 2.52 bits per heavy atom. The molecule has 1 aliphatic rings. The molecule has 7 nitrogen and oxygen atoms in total. The molecule has 0 saturated carbocycles. The number of esters is 1. The lowest BCUT2D eigenvalue weighted by atomic mass is 10.1. The van der Waals surface area contributed by atoms with E-state index in [0.29, 0.717) is 17.7 Å². The van der Waals surface area contributed by atoms with Gasteiger partial charge in [-0.1, -0.05) is 0 Å². The van der Waals surface area contributed by atoms with Gasteiger partial charge in [-0.25, -0.2) is 9.78 Å². The lowest BCUT2D eigenvalue weighted by Gasteiger charge is -2.37. The van der Waals surface area contributed by atoms with Gasteiger partial charge in [0.05, 0.1) is 29.1 Å². The molecule has 3 rings (SSSR count). The van der Waals surface area contributed by atoms with Crippen LogP contribution in [0.15, 0.2) is 24.4 Å². The van der Waals surface area contributed by atoms with Gasteiger partial charge >= 0.3 is 5.97 Å². The van der Waals surface area contributed by atoms with Gasteiger partial charge in [-0.15, -0.1) is 0 Å². The molecular formula is C20H23N5O2. The van der Waals surface area contributed by atoms with Crippen molar-refractivity contribution in [1.82, 2.24) is 9.97 Å². The predicted molar refractivity (Wildman–Crippen MR) is 103 cm³/mol. The van der Waals surface area contributed by atoms with Crippen LogP contribution in [0.2, 0.25) is 0 Å². The van der Waals surface area contributed by atoms with E-state index < -0.39 is 0 Å². The third kappa shape index (κ3) is 4.00. The number of aromatic nitrogens is 2. The van der Waals surface area contributed by atoms with E-state index in [9.17, 15) is 10.1 Å². The number of pyridine rings is 2. The first-order valence-electron chi connectivity index (χ1n) is 9.05. The Hall–Kier alpha value is -3.14. The average Bonchev–Trinajstić information content (AvgIpc) is 2.68. The maximum absolute atomic E-state index is 11.7. The number of anilines is 2. The van der Waals surface area contributed by atoms with Gasteiger partial charge in [-0.05, 0) is 39.0 Å². The number of carbonyl (C=O) groups is 1. The first kappa shape index (κ1) is 18.6. The molecule has 0 N–H and O–H groups in total. The Morgan fingerprint density at radius 2 is 1.93 bits per heavy atom. The molecule has 7 heteroatoms. The lowest BCUT2D eigenvalue weighted by Crippen LogP contribution is -2.47. The Labute approximate surface area is 159 Å². The smallest absolute Gasteiger partial charge is 0.339 e. The molecule has 2 aromatic heterocycles. The molecule has 2 aromatic rings. The minimum Gasteiger partial charge on any atom is -0.462 e. The van der Waals surface area contributed by atoms with Crippen molar-refractivity contribution in [1.29, 1.82) is 5.26 Å². The van der Waals surface area contributed by atoms with E-state index in [4.69, 9.17) is 4.74 Å². The standard InChI is InChI=1S/C20H23N5O2/c1-4-27-20(26)16-5-6-19(22-13-16)25-9-7-24(8-10-25)18-11-14(2)23-15(3)17(18)12-21/h5-6,11,13H,4,7-10H2,1-3H3. The van der Waals surface area contributed by atoms with Crippen LogP contribution in [0, 0.1) is 25.2 Å². The van der Waals surface area contributed by atoms with Crippen molar-refractivity contribution < 1.29 is 9.53 Å². The number of piperazine rings is 1. The third-order valence-corrected chi connectivity index (χ3v) is 4.62. The molecule has 3 heterocycles. The topological polar surface area (TPSA) is 82.4 Å². The fraction of sp³-hybridized carbons (Fsp3) is 0.400. The van der Waals surface area contributed by atoms with Crippen molar-refractivity contribution in [2.24, 2.45) is 0 Å². The molecule has 27 heavy (non-hydrogen) atoms. The van der Waals surface area contributed by atoms with Crippen molar-refractivity contribution in [3.05, 3.63) is 46.9 Å². The number of aryl methyl sites for hydroxylation is 2. The second kappa shape index (κ2) is 8.04. The summed E-state index contributed by atoms with van der Waals surface area (Å²) >= 11 is 0. The number of nitrogens with zero attached hydrogens (tertiary/aromatic N) is 5. The molecule has 0 bridgehead atoms. The van der Waals surface area contributed by atoms with Crippen molar-refractivity contribution in [3.8, 4) is 6.07 Å². The summed E-state index contributed by atoms with van der Waals surface area (Å²) in [6, 6.07) is 7.86. The van der Waals surface area contributed by atoms with E-state index >= 15 is 0 Å². The quantitative estimate of drug-likeness (QED) is 0.770. The Morgan fingerprint density at radius 1 is 1.22 bits per heavy atom. The van der Waals surface area contributed by atoms with Gasteiger partial charge in [-0.3, -0.25) is 4.98 Å². The maximum Gasteiger partial charge on any atom is 0.339 e. The second-order valence-electron chi connectivity index (χ2n) is 6.45. The highest BCUT2D eigenvalue weighted by atomic mass is 16.5. The first-order chi connectivity index (χ1) is 13.0. The van der Waals surface area contributed by atoms with Crippen LogP contribution in [0.25, 0.3) is 0 Å². The summed E-state index contributed by atoms with van der Waals surface area (Å²) in [4.78, 5) is 24.9. The van der Waals surface area contributed by atoms with Crippen molar-refractivity contribution in [2.75, 3.05) is 42.6 Å². The minimum absolute atomic E-state index is 0.348. The number of hydrogen-bond acceptors (Lipinski definition) is 7. The molecule has 1 saturated heterocycles. The zero-order valence-corrected chi connectivity index (χ0v) is 15.9. The minimum atomic E-state index is -0.353. The van der Waals surface area contributed by atoms with E-state index in [1.165, 1.54) is 0 Å². The van der Waals surface area contributed by atoms with E-state index in [2.05, 4.69) is 25.8 Å². The van der Waals surface area contributed by atoms with Crippen LogP contribution in [-0.2, 0) is 4.74 Å². The van der Waals surface area contributed by atoms with Crippen LogP contribution in [0.4, 0.5) is 11.5 Å². The molecular weight excluding hydrogens is 342 g/mol. The van der Waals surface area contributed by atoms with E-state index in [-0.39, 0.29) is 5.97 Å². The monoisotopic (exact) mass is 365 g/mol. The van der Waals surface area contributed by atoms with Gasteiger partial charge in [0.25, 0.3) is 0 Å². The fourth-order valence-electron chi connectivity index (χ4n) is 3.28. The largest absolute Gasteiger partial charge is 0.462 e. The van der Waals surface area contributed by atoms with Crippen LogP contribution in [-0.4, -0.2) is 48.7 Å². The van der Waals surface area contributed by atoms with Crippen LogP contribution < -0.4 is 9.80 Å². The van der Waals surface area contributed by atoms with Crippen molar-refractivity contribution >= 4 is 17.5 Å². The molecule has 140 valence electrons. The molecule has 1 aliphatic heterocycles. The molecule has 0 aromatic carbocycles. The van der Waals surface area contributed by atoms with Gasteiger partial charge in [0.15, 0.2) is 0 Å². The zero-order chi connectivity index (χ0) is 19.4. The predicted octanol–water partition coefficient (Wildman–Crippen LogP) is 2.47. The summed E-state index contributed by atoms with van der Waals surface area (Å²) in [5, 5.41) is 9.48. The number of rotatable bonds is 4. The number of hydrogen-bond donors (Lipinski definition) is 0. The Balaban J connectivity index is 1.69.